The molecule has 128 valence electrons. The van der Waals surface area contributed by atoms with E-state index in [1.165, 1.54) is 19.4 Å². The summed E-state index contributed by atoms with van der Waals surface area (Å²) in [6, 6.07) is 2.67. The van der Waals surface area contributed by atoms with Crippen LogP contribution < -0.4 is 5.32 Å². The van der Waals surface area contributed by atoms with Gasteiger partial charge >= 0.3 is 6.03 Å². The molecule has 3 rings (SSSR count). The molecule has 2 saturated heterocycles. The lowest BCUT2D eigenvalue weighted by molar-refractivity contribution is 0.0860. The van der Waals surface area contributed by atoms with Crippen LogP contribution in [0.3, 0.4) is 0 Å². The van der Waals surface area contributed by atoms with Gasteiger partial charge in [0, 0.05) is 51.8 Å². The fourth-order valence-electron chi connectivity index (χ4n) is 3.62. The van der Waals surface area contributed by atoms with Gasteiger partial charge in [-0.15, -0.1) is 0 Å². The van der Waals surface area contributed by atoms with Crippen molar-refractivity contribution in [2.75, 3.05) is 38.7 Å². The second-order valence-corrected chi connectivity index (χ2v) is 6.61. The molecule has 1 N–H and O–H groups in total. The van der Waals surface area contributed by atoms with Gasteiger partial charge in [-0.05, 0) is 26.3 Å². The van der Waals surface area contributed by atoms with E-state index in [0.29, 0.717) is 12.6 Å². The minimum atomic E-state index is -0.0228. The highest BCUT2D eigenvalue weighted by Crippen LogP contribution is 2.25. The van der Waals surface area contributed by atoms with Crippen LogP contribution in [0.4, 0.5) is 10.6 Å². The Morgan fingerprint density at radius 1 is 1.48 bits per heavy atom. The van der Waals surface area contributed by atoms with Crippen molar-refractivity contribution in [3.05, 3.63) is 11.8 Å². The van der Waals surface area contributed by atoms with Crippen LogP contribution in [0.25, 0.3) is 0 Å². The van der Waals surface area contributed by atoms with Crippen molar-refractivity contribution >= 4 is 11.8 Å². The summed E-state index contributed by atoms with van der Waals surface area (Å²) in [7, 11) is 3.53. The molecule has 0 aromatic carbocycles. The molecule has 2 fully saturated rings. The maximum atomic E-state index is 12.7. The van der Waals surface area contributed by atoms with Crippen LogP contribution in [-0.4, -0.2) is 71.0 Å². The normalized spacial score (nSPS) is 24.7. The lowest BCUT2D eigenvalue weighted by atomic mass is 10.1. The fraction of sp³-hybridized carbons (Fsp3) is 0.750. The molecule has 23 heavy (non-hydrogen) atoms. The summed E-state index contributed by atoms with van der Waals surface area (Å²) in [6.07, 6.45) is 3.19. The number of aromatic nitrogens is 2. The Morgan fingerprint density at radius 2 is 2.30 bits per heavy atom. The molecule has 1 aromatic heterocycles. The Morgan fingerprint density at radius 3 is 3.09 bits per heavy atom. The lowest BCUT2D eigenvalue weighted by Gasteiger charge is -2.42. The first-order chi connectivity index (χ1) is 11.1. The highest BCUT2D eigenvalue weighted by Gasteiger charge is 2.36. The number of rotatable bonds is 4. The van der Waals surface area contributed by atoms with Crippen molar-refractivity contribution in [1.29, 1.82) is 0 Å². The number of aryl methyl sites for hydroxylation is 1. The van der Waals surface area contributed by atoms with Crippen LogP contribution in [0, 0.1) is 0 Å². The van der Waals surface area contributed by atoms with Gasteiger partial charge < -0.3 is 9.64 Å². The van der Waals surface area contributed by atoms with Gasteiger partial charge in [0.25, 0.3) is 0 Å². The van der Waals surface area contributed by atoms with Crippen LogP contribution in [0.2, 0.25) is 0 Å². The Bertz CT molecular complexity index is 559. The Balaban J connectivity index is 1.63. The van der Waals surface area contributed by atoms with Crippen molar-refractivity contribution in [3.8, 4) is 0 Å². The largest absolute Gasteiger partial charge is 0.384 e. The van der Waals surface area contributed by atoms with Gasteiger partial charge in [0.15, 0.2) is 0 Å². The van der Waals surface area contributed by atoms with Gasteiger partial charge in [-0.25, -0.2) is 4.79 Å². The van der Waals surface area contributed by atoms with Crippen molar-refractivity contribution in [3.63, 3.8) is 0 Å². The molecule has 0 aliphatic carbocycles. The number of amides is 2. The smallest absolute Gasteiger partial charge is 0.323 e. The summed E-state index contributed by atoms with van der Waals surface area (Å²) in [5.41, 5.74) is 0.929. The number of hydrogen-bond acceptors (Lipinski definition) is 4. The summed E-state index contributed by atoms with van der Waals surface area (Å²) in [6.45, 7) is 5.73. The van der Waals surface area contributed by atoms with E-state index >= 15 is 0 Å². The van der Waals surface area contributed by atoms with E-state index in [0.717, 1.165) is 31.0 Å². The zero-order valence-electron chi connectivity index (χ0n) is 14.3. The van der Waals surface area contributed by atoms with Gasteiger partial charge in [0.2, 0.25) is 0 Å². The van der Waals surface area contributed by atoms with E-state index in [-0.39, 0.29) is 12.1 Å². The Kier molecular flexibility index (Phi) is 4.87. The first-order valence-electron chi connectivity index (χ1n) is 8.42. The van der Waals surface area contributed by atoms with Crippen molar-refractivity contribution in [2.24, 2.45) is 7.05 Å². The van der Waals surface area contributed by atoms with E-state index in [2.05, 4.69) is 22.2 Å². The van der Waals surface area contributed by atoms with Gasteiger partial charge in [-0.1, -0.05) is 0 Å². The second-order valence-electron chi connectivity index (χ2n) is 6.61. The molecular weight excluding hydrogens is 294 g/mol. The molecule has 2 aliphatic rings. The van der Waals surface area contributed by atoms with Crippen molar-refractivity contribution < 1.29 is 9.53 Å². The van der Waals surface area contributed by atoms with Crippen LogP contribution in [0.1, 0.15) is 25.5 Å². The number of methoxy groups -OCH3 is 1. The Hall–Kier alpha value is -1.60. The molecular formula is C16H27N5O2. The number of urea groups is 1. The third kappa shape index (κ3) is 3.50. The minimum Gasteiger partial charge on any atom is -0.384 e. The predicted octanol–water partition coefficient (Wildman–Crippen LogP) is 1.31. The number of carbonyl (C=O) groups is 1. The first-order valence-corrected chi connectivity index (χ1v) is 8.42. The third-order valence-electron chi connectivity index (χ3n) is 4.93. The van der Waals surface area contributed by atoms with Crippen LogP contribution >= 0.6 is 0 Å². The van der Waals surface area contributed by atoms with Crippen LogP contribution in [0.5, 0.6) is 0 Å². The number of piperazine rings is 1. The lowest BCUT2D eigenvalue weighted by Crippen LogP contribution is -2.57. The number of ether oxygens (including phenoxy) is 1. The summed E-state index contributed by atoms with van der Waals surface area (Å²) in [5.74, 6) is 0.738. The van der Waals surface area contributed by atoms with Crippen LogP contribution in [0.15, 0.2) is 6.07 Å². The van der Waals surface area contributed by atoms with Crippen molar-refractivity contribution in [1.82, 2.24) is 19.6 Å². The molecule has 0 saturated carbocycles. The number of nitrogens with zero attached hydrogens (tertiary/aromatic N) is 4. The summed E-state index contributed by atoms with van der Waals surface area (Å²) >= 11 is 0. The molecule has 7 heteroatoms. The zero-order valence-corrected chi connectivity index (χ0v) is 14.3. The first kappa shape index (κ1) is 16.3. The summed E-state index contributed by atoms with van der Waals surface area (Å²) in [5, 5.41) is 7.43. The van der Waals surface area contributed by atoms with Gasteiger partial charge in [-0.3, -0.25) is 14.9 Å². The van der Waals surface area contributed by atoms with E-state index in [1.54, 1.807) is 11.8 Å². The number of carbonyl (C=O) groups excluding carboxylic acids is 1. The average Bonchev–Trinajstić information content (AvgIpc) is 3.10. The molecule has 7 nitrogen and oxygen atoms in total. The van der Waals surface area contributed by atoms with Gasteiger partial charge in [-0.2, -0.15) is 5.10 Å². The fourth-order valence-corrected chi connectivity index (χ4v) is 3.62. The molecule has 0 spiro atoms. The third-order valence-corrected chi connectivity index (χ3v) is 4.93. The minimum absolute atomic E-state index is 0.0228. The van der Waals surface area contributed by atoms with Gasteiger partial charge in [0.05, 0.1) is 12.3 Å². The maximum Gasteiger partial charge on any atom is 0.323 e. The van der Waals surface area contributed by atoms with E-state index < -0.39 is 0 Å². The molecule has 3 heterocycles. The molecule has 2 amide bonds. The Labute approximate surface area is 137 Å². The summed E-state index contributed by atoms with van der Waals surface area (Å²) in [4.78, 5) is 17.2. The molecule has 2 aliphatic heterocycles. The van der Waals surface area contributed by atoms with Crippen molar-refractivity contribution in [2.45, 2.75) is 38.3 Å². The standard InChI is InChI=1S/C16H27N5O2/c1-12-10-20-7-4-5-14(20)11-21(12)16(22)17-15-9-13(6-8-23-3)18-19(15)2/h9,12,14H,4-8,10-11H2,1-3H3,(H,17,22)/t12-,14+/m0/s1. The molecule has 1 aromatic rings. The zero-order chi connectivity index (χ0) is 16.4. The van der Waals surface area contributed by atoms with E-state index in [9.17, 15) is 4.79 Å². The van der Waals surface area contributed by atoms with E-state index in [1.807, 2.05) is 18.0 Å². The van der Waals surface area contributed by atoms with E-state index in [4.69, 9.17) is 4.74 Å². The second kappa shape index (κ2) is 6.88. The highest BCUT2D eigenvalue weighted by molar-refractivity contribution is 5.88. The highest BCUT2D eigenvalue weighted by atomic mass is 16.5. The molecule has 2 atom stereocenters. The maximum absolute atomic E-state index is 12.7. The molecule has 0 bridgehead atoms. The predicted molar refractivity (Wildman–Crippen MR) is 88.6 cm³/mol. The summed E-state index contributed by atoms with van der Waals surface area (Å²) < 4.78 is 6.80. The van der Waals surface area contributed by atoms with Gasteiger partial charge in [0.1, 0.15) is 5.82 Å². The number of anilines is 1. The van der Waals surface area contributed by atoms with Crippen LogP contribution in [-0.2, 0) is 18.2 Å². The number of fused-ring (bicyclic) bond motifs is 1. The number of hydrogen-bond donors (Lipinski definition) is 1. The number of nitrogens with one attached hydrogen (secondary N) is 1. The monoisotopic (exact) mass is 321 g/mol. The average molecular weight is 321 g/mol. The SMILES string of the molecule is COCCc1cc(NC(=O)N2C[C@H]3CCCN3C[C@@H]2C)n(C)n1. The molecule has 0 radical (unpaired) electrons. The quantitative estimate of drug-likeness (QED) is 0.908. The topological polar surface area (TPSA) is 62.6 Å². The molecule has 0 unspecified atom stereocenters.